The Hall–Kier alpha value is -1.85. The monoisotopic (exact) mass is 344 g/mol. The molecule has 5 heteroatoms. The molecule has 1 atom stereocenters. The molecule has 0 radical (unpaired) electrons. The lowest BCUT2D eigenvalue weighted by atomic mass is 10.1. The van der Waals surface area contributed by atoms with Gasteiger partial charge >= 0.3 is 0 Å². The lowest BCUT2D eigenvalue weighted by Crippen LogP contribution is -2.37. The van der Waals surface area contributed by atoms with Crippen molar-refractivity contribution < 1.29 is 9.53 Å². The highest BCUT2D eigenvalue weighted by Crippen LogP contribution is 2.27. The summed E-state index contributed by atoms with van der Waals surface area (Å²) >= 11 is 1.77. The summed E-state index contributed by atoms with van der Waals surface area (Å²) in [4.78, 5) is 16.1. The highest BCUT2D eigenvalue weighted by Gasteiger charge is 2.24. The van der Waals surface area contributed by atoms with Gasteiger partial charge in [-0.25, -0.2) is 0 Å². The van der Waals surface area contributed by atoms with Crippen LogP contribution in [0.25, 0.3) is 0 Å². The Morgan fingerprint density at radius 1 is 1.29 bits per heavy atom. The fourth-order valence-electron chi connectivity index (χ4n) is 3.18. The van der Waals surface area contributed by atoms with Gasteiger partial charge in [-0.1, -0.05) is 18.2 Å². The van der Waals surface area contributed by atoms with Gasteiger partial charge in [0.05, 0.1) is 19.6 Å². The molecule has 2 aromatic rings. The number of hydrogen-bond acceptors (Lipinski definition) is 4. The lowest BCUT2D eigenvalue weighted by molar-refractivity contribution is -0.120. The highest BCUT2D eigenvalue weighted by atomic mass is 32.1. The number of rotatable bonds is 7. The van der Waals surface area contributed by atoms with Gasteiger partial charge in [-0.05, 0) is 55.1 Å². The number of nitrogens with zero attached hydrogens (tertiary/aromatic N) is 1. The van der Waals surface area contributed by atoms with Crippen molar-refractivity contribution in [2.75, 3.05) is 26.7 Å². The summed E-state index contributed by atoms with van der Waals surface area (Å²) in [7, 11) is 1.64. The largest absolute Gasteiger partial charge is 0.497 e. The molecule has 0 saturated carbocycles. The van der Waals surface area contributed by atoms with Gasteiger partial charge in [0.2, 0.25) is 5.91 Å². The average Bonchev–Trinajstić information content (AvgIpc) is 3.29. The Morgan fingerprint density at radius 2 is 2.12 bits per heavy atom. The molecule has 128 valence electrons. The lowest BCUT2D eigenvalue weighted by Gasteiger charge is -2.27. The number of nitrogens with one attached hydrogen (secondary N) is 1. The number of thiophene rings is 1. The third kappa shape index (κ3) is 4.36. The maximum absolute atomic E-state index is 12.3. The first-order valence-corrected chi connectivity index (χ1v) is 9.31. The summed E-state index contributed by atoms with van der Waals surface area (Å²) in [5.41, 5.74) is 0.973. The fourth-order valence-corrected chi connectivity index (χ4v) is 4.05. The van der Waals surface area contributed by atoms with Crippen LogP contribution in [0.15, 0.2) is 41.8 Å². The minimum Gasteiger partial charge on any atom is -0.497 e. The van der Waals surface area contributed by atoms with Gasteiger partial charge in [0, 0.05) is 11.4 Å². The predicted octanol–water partition coefficient (Wildman–Crippen LogP) is 3.25. The Kier molecular flexibility index (Phi) is 5.88. The van der Waals surface area contributed by atoms with Gasteiger partial charge in [0.25, 0.3) is 0 Å². The molecule has 2 heterocycles. The summed E-state index contributed by atoms with van der Waals surface area (Å²) in [5.74, 6) is 0.845. The summed E-state index contributed by atoms with van der Waals surface area (Å²) < 4.78 is 5.21. The number of carbonyl (C=O) groups excluding carboxylic acids is 1. The van der Waals surface area contributed by atoms with Crippen molar-refractivity contribution in [1.82, 2.24) is 10.2 Å². The summed E-state index contributed by atoms with van der Waals surface area (Å²) in [5, 5.41) is 5.23. The molecule has 1 aliphatic heterocycles. The Balaban J connectivity index is 1.58. The van der Waals surface area contributed by atoms with Crippen molar-refractivity contribution in [3.05, 3.63) is 52.2 Å². The van der Waals surface area contributed by atoms with Crippen molar-refractivity contribution in [3.8, 4) is 5.75 Å². The van der Waals surface area contributed by atoms with E-state index in [2.05, 4.69) is 27.7 Å². The second kappa shape index (κ2) is 8.31. The van der Waals surface area contributed by atoms with Crippen LogP contribution in [0.1, 0.15) is 29.3 Å². The molecular formula is C19H24N2O2S. The summed E-state index contributed by atoms with van der Waals surface area (Å²) in [6, 6.07) is 12.2. The third-order valence-corrected chi connectivity index (χ3v) is 5.42. The van der Waals surface area contributed by atoms with Gasteiger partial charge in [0.1, 0.15) is 5.75 Å². The van der Waals surface area contributed by atoms with Crippen molar-refractivity contribution in [1.29, 1.82) is 0 Å². The quantitative estimate of drug-likeness (QED) is 0.838. The molecule has 1 aromatic carbocycles. The number of benzene rings is 1. The molecule has 0 bridgehead atoms. The fraction of sp³-hybridized carbons (Fsp3) is 0.421. The van der Waals surface area contributed by atoms with E-state index in [1.807, 2.05) is 24.3 Å². The predicted molar refractivity (Wildman–Crippen MR) is 97.6 cm³/mol. The molecule has 1 unspecified atom stereocenters. The van der Waals surface area contributed by atoms with E-state index in [4.69, 9.17) is 4.74 Å². The van der Waals surface area contributed by atoms with Crippen molar-refractivity contribution in [2.45, 2.75) is 25.3 Å². The SMILES string of the molecule is COc1cccc(CC(=O)NCC(c2cccs2)N2CCCC2)c1. The first-order chi connectivity index (χ1) is 11.8. The summed E-state index contributed by atoms with van der Waals surface area (Å²) in [6.45, 7) is 2.91. The average molecular weight is 344 g/mol. The number of ether oxygens (including phenoxy) is 1. The molecule has 4 nitrogen and oxygen atoms in total. The number of hydrogen-bond donors (Lipinski definition) is 1. The molecule has 0 aliphatic carbocycles. The molecule has 24 heavy (non-hydrogen) atoms. The maximum atomic E-state index is 12.3. The number of carbonyl (C=O) groups is 1. The van der Waals surface area contributed by atoms with Gasteiger partial charge in [-0.15, -0.1) is 11.3 Å². The number of amides is 1. The van der Waals surface area contributed by atoms with Gasteiger partial charge in [-0.2, -0.15) is 0 Å². The normalized spacial score (nSPS) is 16.0. The Morgan fingerprint density at radius 3 is 2.83 bits per heavy atom. The van der Waals surface area contributed by atoms with E-state index in [0.29, 0.717) is 19.0 Å². The molecule has 1 aromatic heterocycles. The van der Waals surface area contributed by atoms with E-state index in [9.17, 15) is 4.79 Å². The Labute approximate surface area is 147 Å². The topological polar surface area (TPSA) is 41.6 Å². The Bertz CT molecular complexity index is 651. The van der Waals surface area contributed by atoms with Crippen LogP contribution in [0.2, 0.25) is 0 Å². The molecule has 1 fully saturated rings. The zero-order valence-electron chi connectivity index (χ0n) is 14.0. The van der Waals surface area contributed by atoms with Crippen LogP contribution < -0.4 is 10.1 Å². The van der Waals surface area contributed by atoms with Crippen molar-refractivity contribution in [3.63, 3.8) is 0 Å². The van der Waals surface area contributed by atoms with Gasteiger partial charge in [-0.3, -0.25) is 9.69 Å². The van der Waals surface area contributed by atoms with Crippen LogP contribution in [0, 0.1) is 0 Å². The minimum atomic E-state index is 0.0593. The van der Waals surface area contributed by atoms with Crippen LogP contribution in [-0.2, 0) is 11.2 Å². The van der Waals surface area contributed by atoms with Crippen LogP contribution in [0.3, 0.4) is 0 Å². The standard InChI is InChI=1S/C19H24N2O2S/c1-23-16-7-4-6-15(12-16)13-19(22)20-14-17(18-8-5-11-24-18)21-9-2-3-10-21/h4-8,11-12,17H,2-3,9-10,13-14H2,1H3,(H,20,22). The molecule has 3 rings (SSSR count). The van der Waals surface area contributed by atoms with Gasteiger partial charge in [0.15, 0.2) is 0 Å². The molecule has 1 amide bonds. The molecule has 1 N–H and O–H groups in total. The van der Waals surface area contributed by atoms with E-state index in [1.54, 1.807) is 18.4 Å². The zero-order valence-corrected chi connectivity index (χ0v) is 14.8. The van der Waals surface area contributed by atoms with Crippen molar-refractivity contribution >= 4 is 17.2 Å². The van der Waals surface area contributed by atoms with Crippen LogP contribution in [-0.4, -0.2) is 37.6 Å². The molecule has 1 aliphatic rings. The van der Waals surface area contributed by atoms with Gasteiger partial charge < -0.3 is 10.1 Å². The highest BCUT2D eigenvalue weighted by molar-refractivity contribution is 7.10. The van der Waals surface area contributed by atoms with E-state index >= 15 is 0 Å². The second-order valence-corrected chi connectivity index (χ2v) is 7.09. The van der Waals surface area contributed by atoms with E-state index < -0.39 is 0 Å². The van der Waals surface area contributed by atoms with Crippen LogP contribution >= 0.6 is 11.3 Å². The van der Waals surface area contributed by atoms with E-state index in [-0.39, 0.29) is 5.91 Å². The first kappa shape index (κ1) is 17.0. The maximum Gasteiger partial charge on any atom is 0.224 e. The minimum absolute atomic E-state index is 0.0593. The van der Waals surface area contributed by atoms with Crippen LogP contribution in [0.4, 0.5) is 0 Å². The van der Waals surface area contributed by atoms with E-state index in [0.717, 1.165) is 24.4 Å². The molecule has 1 saturated heterocycles. The number of methoxy groups -OCH3 is 1. The second-order valence-electron chi connectivity index (χ2n) is 6.11. The smallest absolute Gasteiger partial charge is 0.224 e. The first-order valence-electron chi connectivity index (χ1n) is 8.43. The van der Waals surface area contributed by atoms with Crippen LogP contribution in [0.5, 0.6) is 5.75 Å². The molecular weight excluding hydrogens is 320 g/mol. The number of likely N-dealkylation sites (tertiary alicyclic amines) is 1. The third-order valence-electron chi connectivity index (χ3n) is 4.44. The van der Waals surface area contributed by atoms with Crippen molar-refractivity contribution in [2.24, 2.45) is 0 Å². The van der Waals surface area contributed by atoms with E-state index in [1.165, 1.54) is 17.7 Å². The summed E-state index contributed by atoms with van der Waals surface area (Å²) in [6.07, 6.45) is 2.88. The zero-order chi connectivity index (χ0) is 16.8. The molecule has 0 spiro atoms.